The Bertz CT molecular complexity index is 1690. The molecule has 0 saturated carbocycles. The first kappa shape index (κ1) is 39.8. The number of aliphatic hydroxyl groups excluding tert-OH is 7. The number of phenols is 1. The Morgan fingerprint density at radius 3 is 2.09 bits per heavy atom. The van der Waals surface area contributed by atoms with Gasteiger partial charge in [0.05, 0.1) is 60.8 Å². The summed E-state index contributed by atoms with van der Waals surface area (Å²) in [7, 11) is 5.63. The summed E-state index contributed by atoms with van der Waals surface area (Å²) in [6, 6.07) is 11.0. The number of methoxy groups -OCH3 is 4. The van der Waals surface area contributed by atoms with E-state index in [0.717, 1.165) is 0 Å². The van der Waals surface area contributed by atoms with Crippen LogP contribution in [0.15, 0.2) is 48.5 Å². The second kappa shape index (κ2) is 17.6. The molecule has 0 radical (unpaired) electrons. The van der Waals surface area contributed by atoms with Crippen LogP contribution in [0.4, 0.5) is 0 Å². The van der Waals surface area contributed by atoms with E-state index >= 15 is 0 Å². The quantitative estimate of drug-likeness (QED) is 0.102. The predicted molar refractivity (Wildman–Crippen MR) is 186 cm³/mol. The van der Waals surface area contributed by atoms with Gasteiger partial charge in [0.25, 0.3) is 0 Å². The van der Waals surface area contributed by atoms with Crippen LogP contribution in [0.3, 0.4) is 0 Å². The Morgan fingerprint density at radius 1 is 0.811 bits per heavy atom. The molecule has 5 rings (SSSR count). The minimum atomic E-state index is -1.65. The summed E-state index contributed by atoms with van der Waals surface area (Å²) in [6.07, 6.45) is -7.65. The molecule has 16 nitrogen and oxygen atoms in total. The molecule has 2 aliphatic rings. The van der Waals surface area contributed by atoms with Crippen LogP contribution in [0.2, 0.25) is 0 Å². The number of fused-ring (bicyclic) bond motifs is 1. The van der Waals surface area contributed by atoms with Gasteiger partial charge in [0.2, 0.25) is 5.75 Å². The normalized spacial score (nSPS) is 25.0. The fourth-order valence-electron chi connectivity index (χ4n) is 6.36. The van der Waals surface area contributed by atoms with E-state index in [4.69, 9.17) is 37.9 Å². The largest absolute Gasteiger partial charge is 0.504 e. The molecule has 290 valence electrons. The first-order valence-corrected chi connectivity index (χ1v) is 16.7. The van der Waals surface area contributed by atoms with Crippen LogP contribution in [0.1, 0.15) is 40.4 Å². The van der Waals surface area contributed by atoms with Gasteiger partial charge < -0.3 is 78.7 Å². The molecule has 0 bridgehead atoms. The highest BCUT2D eigenvalue weighted by Gasteiger charge is 2.46. The molecular weight excluding hydrogens is 700 g/mol. The maximum atomic E-state index is 11.2. The van der Waals surface area contributed by atoms with Gasteiger partial charge in [0.15, 0.2) is 46.9 Å². The summed E-state index contributed by atoms with van der Waals surface area (Å²) in [5.74, 6) is 0.464. The molecule has 9 atom stereocenters. The van der Waals surface area contributed by atoms with E-state index in [1.54, 1.807) is 30.4 Å². The third-order valence-electron chi connectivity index (χ3n) is 9.20. The topological polar surface area (TPSA) is 236 Å². The average Bonchev–Trinajstić information content (AvgIpc) is 3.55. The Labute approximate surface area is 305 Å². The van der Waals surface area contributed by atoms with Gasteiger partial charge in [-0.25, -0.2) is 0 Å². The molecule has 3 aromatic rings. The van der Waals surface area contributed by atoms with Gasteiger partial charge in [0.1, 0.15) is 36.6 Å². The van der Waals surface area contributed by atoms with E-state index < -0.39 is 68.1 Å². The zero-order chi connectivity index (χ0) is 38.4. The Hall–Kier alpha value is -4.36. The van der Waals surface area contributed by atoms with Gasteiger partial charge in [-0.3, -0.25) is 0 Å². The van der Waals surface area contributed by atoms with E-state index in [9.17, 15) is 40.9 Å². The zero-order valence-electron chi connectivity index (χ0n) is 29.6. The van der Waals surface area contributed by atoms with Crippen molar-refractivity contribution in [2.45, 2.75) is 54.9 Å². The number of hydrogen-bond acceptors (Lipinski definition) is 16. The summed E-state index contributed by atoms with van der Waals surface area (Å²) in [6.45, 7) is -1.63. The lowest BCUT2D eigenvalue weighted by Gasteiger charge is -2.40. The maximum Gasteiger partial charge on any atom is 0.204 e. The lowest BCUT2D eigenvalue weighted by Crippen LogP contribution is -2.59. The molecule has 2 heterocycles. The molecule has 1 saturated heterocycles. The summed E-state index contributed by atoms with van der Waals surface area (Å²) in [5, 5.41) is 81.9. The van der Waals surface area contributed by atoms with Crippen molar-refractivity contribution in [1.29, 1.82) is 0 Å². The fraction of sp³-hybridized carbons (Fsp3) is 0.459. The third-order valence-corrected chi connectivity index (χ3v) is 9.20. The van der Waals surface area contributed by atoms with Gasteiger partial charge in [0, 0.05) is 11.1 Å². The minimum Gasteiger partial charge on any atom is -0.504 e. The highest BCUT2D eigenvalue weighted by atomic mass is 16.7. The first-order chi connectivity index (χ1) is 25.5. The second-order valence-electron chi connectivity index (χ2n) is 12.4. The van der Waals surface area contributed by atoms with Crippen LogP contribution in [-0.2, 0) is 9.47 Å². The zero-order valence-corrected chi connectivity index (χ0v) is 29.6. The third kappa shape index (κ3) is 8.26. The van der Waals surface area contributed by atoms with Crippen molar-refractivity contribution >= 4 is 6.08 Å². The average molecular weight is 747 g/mol. The number of rotatable bonds is 16. The van der Waals surface area contributed by atoms with Crippen LogP contribution in [0.5, 0.6) is 40.2 Å². The van der Waals surface area contributed by atoms with Gasteiger partial charge in [-0.05, 0) is 47.5 Å². The fourth-order valence-corrected chi connectivity index (χ4v) is 6.36. The van der Waals surface area contributed by atoms with Crippen molar-refractivity contribution in [2.24, 2.45) is 0 Å². The van der Waals surface area contributed by atoms with Crippen LogP contribution in [-0.4, -0.2) is 133 Å². The SMILES string of the molecule is COc1cc([C@H](O)[C@H](CO)Oc2c(OC)cc([C@H]3Oc4c(OC)cc(/C=C/CO)cc4[C@@H]3CO[C@@H]3O[C@H](CO)[C@@H](O)[C@H](O)[C@H]3O)cc2OC)ccc1O. The molecule has 3 aromatic carbocycles. The van der Waals surface area contributed by atoms with Gasteiger partial charge in [-0.2, -0.15) is 0 Å². The van der Waals surface area contributed by atoms with Gasteiger partial charge in [-0.1, -0.05) is 18.2 Å². The van der Waals surface area contributed by atoms with Gasteiger partial charge >= 0.3 is 0 Å². The molecule has 0 aromatic heterocycles. The van der Waals surface area contributed by atoms with Crippen molar-refractivity contribution in [3.63, 3.8) is 0 Å². The molecule has 16 heteroatoms. The molecule has 1 fully saturated rings. The van der Waals surface area contributed by atoms with Crippen LogP contribution < -0.4 is 28.4 Å². The Kier molecular flexibility index (Phi) is 13.3. The lowest BCUT2D eigenvalue weighted by atomic mass is 9.90. The molecule has 0 spiro atoms. The Balaban J connectivity index is 1.52. The second-order valence-corrected chi connectivity index (χ2v) is 12.4. The molecule has 2 aliphatic heterocycles. The first-order valence-electron chi connectivity index (χ1n) is 16.7. The number of benzene rings is 3. The molecule has 8 N–H and O–H groups in total. The Morgan fingerprint density at radius 2 is 1.49 bits per heavy atom. The summed E-state index contributed by atoms with van der Waals surface area (Å²) < 4.78 is 46.5. The number of phenolic OH excluding ortho intramolecular Hbond substituents is 1. The predicted octanol–water partition coefficient (Wildman–Crippen LogP) is 0.939. The molecular formula is C37H46O16. The minimum absolute atomic E-state index is 0.0567. The van der Waals surface area contributed by atoms with Gasteiger partial charge in [-0.15, -0.1) is 0 Å². The molecule has 0 unspecified atom stereocenters. The summed E-state index contributed by atoms with van der Waals surface area (Å²) in [4.78, 5) is 0. The van der Waals surface area contributed by atoms with Crippen molar-refractivity contribution in [1.82, 2.24) is 0 Å². The van der Waals surface area contributed by atoms with Crippen molar-refractivity contribution in [3.05, 3.63) is 70.8 Å². The standard InChI is InChI=1S/C37H46O16/c1-46-24-12-19(7-8-23(24)41)30(42)28(15-39)51-36-26(48-3)13-20(14-27(36)49-4)34-22(17-50-37-33(45)32(44)31(43)29(16-40)52-37)21-10-18(6-5-9-38)11-25(47-2)35(21)53-34/h5-8,10-14,22,28-34,37-45H,9,15-17H2,1-4H3/b6-5+/t22-,28-,29+,30-,31+,32-,33+,34+,37+/m0/s1. The highest BCUT2D eigenvalue weighted by molar-refractivity contribution is 5.63. The lowest BCUT2D eigenvalue weighted by molar-refractivity contribution is -0.302. The van der Waals surface area contributed by atoms with Crippen LogP contribution in [0.25, 0.3) is 6.08 Å². The summed E-state index contributed by atoms with van der Waals surface area (Å²) in [5.41, 5.74) is 2.11. The monoisotopic (exact) mass is 746 g/mol. The number of aromatic hydroxyl groups is 1. The molecule has 53 heavy (non-hydrogen) atoms. The molecule has 0 amide bonds. The van der Waals surface area contributed by atoms with Crippen molar-refractivity contribution in [3.8, 4) is 40.2 Å². The van der Waals surface area contributed by atoms with E-state index in [1.807, 2.05) is 6.07 Å². The number of aliphatic hydroxyl groups is 7. The van der Waals surface area contributed by atoms with E-state index in [-0.39, 0.29) is 42.0 Å². The number of ether oxygens (including phenoxy) is 8. The van der Waals surface area contributed by atoms with E-state index in [0.29, 0.717) is 33.8 Å². The molecule has 0 aliphatic carbocycles. The van der Waals surface area contributed by atoms with Crippen LogP contribution in [0, 0.1) is 0 Å². The summed E-state index contributed by atoms with van der Waals surface area (Å²) >= 11 is 0. The van der Waals surface area contributed by atoms with E-state index in [1.165, 1.54) is 46.6 Å². The smallest absolute Gasteiger partial charge is 0.204 e. The maximum absolute atomic E-state index is 11.2. The number of hydrogen-bond donors (Lipinski definition) is 8. The van der Waals surface area contributed by atoms with E-state index in [2.05, 4.69) is 0 Å². The van der Waals surface area contributed by atoms with Crippen molar-refractivity contribution < 1.29 is 78.7 Å². The van der Waals surface area contributed by atoms with Crippen LogP contribution >= 0.6 is 0 Å². The highest BCUT2D eigenvalue weighted by Crippen LogP contribution is 2.53. The van der Waals surface area contributed by atoms with Crippen molar-refractivity contribution in [2.75, 3.05) is 54.9 Å².